The quantitative estimate of drug-likeness (QED) is 0.572. The highest BCUT2D eigenvalue weighted by molar-refractivity contribution is 4.67. The average Bonchev–Trinajstić information content (AvgIpc) is 2.38. The van der Waals surface area contributed by atoms with Crippen LogP contribution in [0, 0.1) is 0 Å². The molecule has 2 N–H and O–H groups in total. The molecule has 1 rings (SSSR count). The first-order chi connectivity index (χ1) is 8.43. The summed E-state index contributed by atoms with van der Waals surface area (Å²) < 4.78 is 0. The summed E-state index contributed by atoms with van der Waals surface area (Å²) in [7, 11) is 0. The largest absolute Gasteiger partial charge is 0.317 e. The number of unbranched alkanes of at least 4 members (excludes halogenated alkanes) is 4. The summed E-state index contributed by atoms with van der Waals surface area (Å²) in [4.78, 5) is 2.57. The Morgan fingerprint density at radius 1 is 0.941 bits per heavy atom. The predicted octanol–water partition coefficient (Wildman–Crippen LogP) is 1.84. The van der Waals surface area contributed by atoms with Crippen LogP contribution in [-0.2, 0) is 0 Å². The van der Waals surface area contributed by atoms with E-state index in [1.165, 1.54) is 84.3 Å². The first kappa shape index (κ1) is 14.9. The summed E-state index contributed by atoms with van der Waals surface area (Å²) in [5, 5.41) is 6.95. The second-order valence-corrected chi connectivity index (χ2v) is 5.11. The molecular weight excluding hydrogens is 210 g/mol. The van der Waals surface area contributed by atoms with Crippen molar-refractivity contribution in [1.82, 2.24) is 15.5 Å². The van der Waals surface area contributed by atoms with Gasteiger partial charge in [-0.1, -0.05) is 32.6 Å². The Hall–Kier alpha value is -0.120. The van der Waals surface area contributed by atoms with E-state index in [9.17, 15) is 0 Å². The Morgan fingerprint density at radius 2 is 1.65 bits per heavy atom. The molecule has 1 aliphatic rings. The second kappa shape index (κ2) is 11.0. The number of piperazine rings is 1. The van der Waals surface area contributed by atoms with Crippen molar-refractivity contribution in [3.05, 3.63) is 0 Å². The normalized spacial score (nSPS) is 17.5. The van der Waals surface area contributed by atoms with Crippen LogP contribution in [0.5, 0.6) is 0 Å². The van der Waals surface area contributed by atoms with Gasteiger partial charge in [0, 0.05) is 26.2 Å². The maximum Gasteiger partial charge on any atom is 0.0107 e. The third-order valence-electron chi connectivity index (χ3n) is 3.49. The summed E-state index contributed by atoms with van der Waals surface area (Å²) in [5.41, 5.74) is 0. The molecule has 0 aromatic heterocycles. The van der Waals surface area contributed by atoms with Gasteiger partial charge in [-0.05, 0) is 32.5 Å². The van der Waals surface area contributed by atoms with Crippen molar-refractivity contribution in [3.8, 4) is 0 Å². The third kappa shape index (κ3) is 8.58. The smallest absolute Gasteiger partial charge is 0.0107 e. The van der Waals surface area contributed by atoms with Crippen molar-refractivity contribution in [3.63, 3.8) is 0 Å². The molecule has 0 bridgehead atoms. The van der Waals surface area contributed by atoms with Gasteiger partial charge in [0.15, 0.2) is 0 Å². The van der Waals surface area contributed by atoms with Crippen LogP contribution in [0.25, 0.3) is 0 Å². The van der Waals surface area contributed by atoms with E-state index in [0.29, 0.717) is 0 Å². The average molecular weight is 241 g/mol. The zero-order chi connectivity index (χ0) is 12.2. The fourth-order valence-corrected chi connectivity index (χ4v) is 2.34. The monoisotopic (exact) mass is 241 g/mol. The number of rotatable bonds is 10. The highest BCUT2D eigenvalue weighted by Gasteiger charge is 2.07. The van der Waals surface area contributed by atoms with Crippen molar-refractivity contribution < 1.29 is 0 Å². The maximum absolute atomic E-state index is 3.56. The second-order valence-electron chi connectivity index (χ2n) is 5.11. The minimum atomic E-state index is 1.17. The van der Waals surface area contributed by atoms with Gasteiger partial charge >= 0.3 is 0 Å². The van der Waals surface area contributed by atoms with Crippen molar-refractivity contribution in [2.45, 2.75) is 45.4 Å². The standard InChI is InChI=1S/C14H31N3/c1-2-3-4-5-6-8-15-9-7-12-17-13-10-16-11-14-17/h15-16H,2-14H2,1H3. The Balaban J connectivity index is 1.75. The molecule has 0 radical (unpaired) electrons. The minimum Gasteiger partial charge on any atom is -0.317 e. The van der Waals surface area contributed by atoms with E-state index in [4.69, 9.17) is 0 Å². The lowest BCUT2D eigenvalue weighted by Gasteiger charge is -2.27. The van der Waals surface area contributed by atoms with E-state index in [1.807, 2.05) is 0 Å². The molecule has 3 heteroatoms. The van der Waals surface area contributed by atoms with Crippen LogP contribution in [0.2, 0.25) is 0 Å². The summed E-state index contributed by atoms with van der Waals surface area (Å²) >= 11 is 0. The van der Waals surface area contributed by atoms with Crippen LogP contribution >= 0.6 is 0 Å². The van der Waals surface area contributed by atoms with Crippen LogP contribution < -0.4 is 10.6 Å². The van der Waals surface area contributed by atoms with E-state index in [1.54, 1.807) is 0 Å². The summed E-state index contributed by atoms with van der Waals surface area (Å²) in [6, 6.07) is 0. The molecule has 0 aliphatic carbocycles. The van der Waals surface area contributed by atoms with Crippen LogP contribution in [0.3, 0.4) is 0 Å². The molecule has 0 aromatic carbocycles. The number of hydrogen-bond donors (Lipinski definition) is 2. The van der Waals surface area contributed by atoms with Gasteiger partial charge in [-0.15, -0.1) is 0 Å². The molecule has 1 heterocycles. The van der Waals surface area contributed by atoms with Gasteiger partial charge in [-0.25, -0.2) is 0 Å². The molecule has 102 valence electrons. The summed E-state index contributed by atoms with van der Waals surface area (Å²) in [6.45, 7) is 10.8. The van der Waals surface area contributed by atoms with Crippen molar-refractivity contribution >= 4 is 0 Å². The molecule has 0 unspecified atom stereocenters. The van der Waals surface area contributed by atoms with E-state index >= 15 is 0 Å². The van der Waals surface area contributed by atoms with Crippen molar-refractivity contribution in [1.29, 1.82) is 0 Å². The topological polar surface area (TPSA) is 27.3 Å². The van der Waals surface area contributed by atoms with Crippen molar-refractivity contribution in [2.75, 3.05) is 45.8 Å². The lowest BCUT2D eigenvalue weighted by molar-refractivity contribution is 0.237. The van der Waals surface area contributed by atoms with Gasteiger partial charge in [-0.3, -0.25) is 0 Å². The Kier molecular flexibility index (Phi) is 9.66. The van der Waals surface area contributed by atoms with E-state index in [-0.39, 0.29) is 0 Å². The molecule has 0 spiro atoms. The summed E-state index contributed by atoms with van der Waals surface area (Å²) in [6.07, 6.45) is 8.22. The van der Waals surface area contributed by atoms with Crippen LogP contribution in [0.15, 0.2) is 0 Å². The molecule has 0 aromatic rings. The van der Waals surface area contributed by atoms with Gasteiger partial charge in [-0.2, -0.15) is 0 Å². The van der Waals surface area contributed by atoms with Crippen LogP contribution in [0.4, 0.5) is 0 Å². The minimum absolute atomic E-state index is 1.17. The zero-order valence-electron chi connectivity index (χ0n) is 11.6. The Labute approximate surface area is 107 Å². The van der Waals surface area contributed by atoms with E-state index in [2.05, 4.69) is 22.5 Å². The number of nitrogens with zero attached hydrogens (tertiary/aromatic N) is 1. The summed E-state index contributed by atoms with van der Waals surface area (Å²) in [5.74, 6) is 0. The fourth-order valence-electron chi connectivity index (χ4n) is 2.34. The molecule has 1 saturated heterocycles. The first-order valence-corrected chi connectivity index (χ1v) is 7.57. The van der Waals surface area contributed by atoms with Gasteiger partial charge in [0.2, 0.25) is 0 Å². The maximum atomic E-state index is 3.56. The Morgan fingerprint density at radius 3 is 2.41 bits per heavy atom. The molecule has 0 atom stereocenters. The fraction of sp³-hybridized carbons (Fsp3) is 1.00. The molecule has 0 amide bonds. The molecule has 1 aliphatic heterocycles. The highest BCUT2D eigenvalue weighted by atomic mass is 15.2. The van der Waals surface area contributed by atoms with Crippen LogP contribution in [0.1, 0.15) is 45.4 Å². The first-order valence-electron chi connectivity index (χ1n) is 7.57. The molecular formula is C14H31N3. The zero-order valence-corrected chi connectivity index (χ0v) is 11.6. The molecule has 1 fully saturated rings. The van der Waals surface area contributed by atoms with Gasteiger partial charge < -0.3 is 15.5 Å². The third-order valence-corrected chi connectivity index (χ3v) is 3.49. The van der Waals surface area contributed by atoms with Gasteiger partial charge in [0.05, 0.1) is 0 Å². The van der Waals surface area contributed by atoms with Crippen molar-refractivity contribution in [2.24, 2.45) is 0 Å². The van der Waals surface area contributed by atoms with Crippen LogP contribution in [-0.4, -0.2) is 50.7 Å². The SMILES string of the molecule is CCCCCCCNCCCN1CCNCC1. The van der Waals surface area contributed by atoms with Gasteiger partial charge in [0.25, 0.3) is 0 Å². The van der Waals surface area contributed by atoms with E-state index < -0.39 is 0 Å². The predicted molar refractivity (Wildman–Crippen MR) is 75.6 cm³/mol. The lowest BCUT2D eigenvalue weighted by atomic mass is 10.1. The molecule has 17 heavy (non-hydrogen) atoms. The lowest BCUT2D eigenvalue weighted by Crippen LogP contribution is -2.44. The number of nitrogens with one attached hydrogen (secondary N) is 2. The molecule has 3 nitrogen and oxygen atoms in total. The molecule has 0 saturated carbocycles. The Bertz CT molecular complexity index is 156. The number of hydrogen-bond acceptors (Lipinski definition) is 3. The van der Waals surface area contributed by atoms with Gasteiger partial charge in [0.1, 0.15) is 0 Å². The van der Waals surface area contributed by atoms with E-state index in [0.717, 1.165) is 0 Å². The highest BCUT2D eigenvalue weighted by Crippen LogP contribution is 2.01.